The Hall–Kier alpha value is -1.42. The van der Waals surface area contributed by atoms with E-state index in [4.69, 9.17) is 9.47 Å². The Kier molecular flexibility index (Phi) is 7.70. The fourth-order valence-corrected chi connectivity index (χ4v) is 3.26. The molecule has 0 bridgehead atoms. The van der Waals surface area contributed by atoms with E-state index in [1.165, 1.54) is 0 Å². The molecule has 1 aliphatic carbocycles. The van der Waals surface area contributed by atoms with Gasteiger partial charge in [0.05, 0.1) is 13.2 Å². The van der Waals surface area contributed by atoms with Gasteiger partial charge in [0.15, 0.2) is 11.6 Å². The molecule has 2 nitrogen and oxygen atoms in total. The molecule has 1 aromatic rings. The molecule has 1 aromatic carbocycles. The molecular weight excluding hydrogens is 310 g/mol. The molecule has 4 heteroatoms. The van der Waals surface area contributed by atoms with Gasteiger partial charge in [-0.1, -0.05) is 25.5 Å². The van der Waals surface area contributed by atoms with Crippen molar-refractivity contribution in [3.8, 4) is 5.75 Å². The summed E-state index contributed by atoms with van der Waals surface area (Å²) in [5.74, 6) is -0.975. The second-order valence-electron chi connectivity index (χ2n) is 6.53. The van der Waals surface area contributed by atoms with Crippen LogP contribution in [-0.4, -0.2) is 19.8 Å². The molecule has 0 heterocycles. The van der Waals surface area contributed by atoms with Gasteiger partial charge in [0, 0.05) is 6.61 Å². The Bertz CT molecular complexity index is 523. The molecule has 1 aliphatic rings. The van der Waals surface area contributed by atoms with E-state index in [2.05, 4.69) is 6.58 Å². The Morgan fingerprint density at radius 3 is 2.58 bits per heavy atom. The first-order chi connectivity index (χ1) is 11.7. The molecule has 1 fully saturated rings. The molecule has 0 N–H and O–H groups in total. The van der Waals surface area contributed by atoms with Gasteiger partial charge in [0.2, 0.25) is 5.82 Å². The van der Waals surface area contributed by atoms with E-state index in [1.54, 1.807) is 18.2 Å². The molecule has 2 rings (SSSR count). The second kappa shape index (κ2) is 9.77. The fraction of sp³-hybridized carbons (Fsp3) is 0.600. The zero-order chi connectivity index (χ0) is 17.4. The summed E-state index contributed by atoms with van der Waals surface area (Å²) in [5.41, 5.74) is 0.487. The van der Waals surface area contributed by atoms with Crippen LogP contribution >= 0.6 is 0 Å². The molecular formula is C20H28F2O2. The molecule has 0 atom stereocenters. The van der Waals surface area contributed by atoms with Crippen molar-refractivity contribution in [3.05, 3.63) is 42.0 Å². The van der Waals surface area contributed by atoms with Crippen LogP contribution < -0.4 is 4.74 Å². The molecule has 134 valence electrons. The SMILES string of the molecule is C=CCOCC1CCC(c2ccc(OCCCC)c(F)c2F)CC1. The average Bonchev–Trinajstić information content (AvgIpc) is 2.60. The summed E-state index contributed by atoms with van der Waals surface area (Å²) in [6.07, 6.45) is 7.24. The highest BCUT2D eigenvalue weighted by Gasteiger charge is 2.26. The van der Waals surface area contributed by atoms with Gasteiger partial charge in [-0.3, -0.25) is 0 Å². The van der Waals surface area contributed by atoms with E-state index in [1.807, 2.05) is 6.92 Å². The zero-order valence-electron chi connectivity index (χ0n) is 14.5. The van der Waals surface area contributed by atoms with Crippen molar-refractivity contribution >= 4 is 0 Å². The van der Waals surface area contributed by atoms with Crippen LogP contribution in [0, 0.1) is 17.6 Å². The predicted octanol–water partition coefficient (Wildman–Crippen LogP) is 5.62. The first-order valence-electron chi connectivity index (χ1n) is 8.96. The number of hydrogen-bond acceptors (Lipinski definition) is 2. The molecule has 0 radical (unpaired) electrons. The highest BCUT2D eigenvalue weighted by molar-refractivity contribution is 5.33. The van der Waals surface area contributed by atoms with Crippen molar-refractivity contribution in [1.29, 1.82) is 0 Å². The first-order valence-corrected chi connectivity index (χ1v) is 8.96. The Morgan fingerprint density at radius 2 is 1.92 bits per heavy atom. The minimum absolute atomic E-state index is 0.0243. The maximum atomic E-state index is 14.4. The number of halogens is 2. The third-order valence-electron chi connectivity index (χ3n) is 4.71. The van der Waals surface area contributed by atoms with Crippen molar-refractivity contribution in [1.82, 2.24) is 0 Å². The van der Waals surface area contributed by atoms with Crippen LogP contribution in [0.1, 0.15) is 56.9 Å². The van der Waals surface area contributed by atoms with Crippen LogP contribution in [0.2, 0.25) is 0 Å². The Labute approximate surface area is 143 Å². The van der Waals surface area contributed by atoms with Crippen molar-refractivity contribution in [3.63, 3.8) is 0 Å². The number of ether oxygens (including phenoxy) is 2. The maximum absolute atomic E-state index is 14.4. The summed E-state index contributed by atoms with van der Waals surface area (Å²) in [4.78, 5) is 0. The van der Waals surface area contributed by atoms with Gasteiger partial charge in [-0.05, 0) is 55.6 Å². The quantitative estimate of drug-likeness (QED) is 0.430. The Balaban J connectivity index is 1.93. The normalized spacial score (nSPS) is 20.8. The van der Waals surface area contributed by atoms with Gasteiger partial charge >= 0.3 is 0 Å². The largest absolute Gasteiger partial charge is 0.490 e. The molecule has 0 aliphatic heterocycles. The van der Waals surface area contributed by atoms with Gasteiger partial charge in [0.25, 0.3) is 0 Å². The number of rotatable bonds is 9. The number of benzene rings is 1. The number of hydrogen-bond donors (Lipinski definition) is 0. The van der Waals surface area contributed by atoms with Gasteiger partial charge in [-0.2, -0.15) is 4.39 Å². The second-order valence-corrected chi connectivity index (χ2v) is 6.53. The monoisotopic (exact) mass is 338 g/mol. The lowest BCUT2D eigenvalue weighted by atomic mass is 9.79. The van der Waals surface area contributed by atoms with E-state index in [9.17, 15) is 8.78 Å². The third-order valence-corrected chi connectivity index (χ3v) is 4.71. The summed E-state index contributed by atoms with van der Waals surface area (Å²) >= 11 is 0. The van der Waals surface area contributed by atoms with Gasteiger partial charge in [-0.25, -0.2) is 4.39 Å². The minimum atomic E-state index is -0.847. The van der Waals surface area contributed by atoms with E-state index in [-0.39, 0.29) is 11.7 Å². The smallest absolute Gasteiger partial charge is 0.200 e. The maximum Gasteiger partial charge on any atom is 0.200 e. The third kappa shape index (κ3) is 5.04. The lowest BCUT2D eigenvalue weighted by molar-refractivity contribution is 0.102. The molecule has 0 aromatic heterocycles. The standard InChI is InChI=1S/C20H28F2O2/c1-3-5-13-24-18-11-10-17(19(21)20(18)22)16-8-6-15(7-9-16)14-23-12-4-2/h4,10-11,15-16H,2-3,5-9,12-14H2,1H3. The number of unbranched alkanes of at least 4 members (excludes halogenated alkanes) is 1. The molecule has 24 heavy (non-hydrogen) atoms. The molecule has 0 saturated heterocycles. The van der Waals surface area contributed by atoms with Gasteiger partial charge in [0.1, 0.15) is 0 Å². The van der Waals surface area contributed by atoms with Crippen LogP contribution in [-0.2, 0) is 4.74 Å². The first kappa shape index (κ1) is 18.9. The molecule has 0 amide bonds. The Morgan fingerprint density at radius 1 is 1.17 bits per heavy atom. The summed E-state index contributed by atoms with van der Waals surface area (Å²) in [6.45, 7) is 7.37. The van der Waals surface area contributed by atoms with E-state index >= 15 is 0 Å². The highest BCUT2D eigenvalue weighted by Crippen LogP contribution is 2.38. The van der Waals surface area contributed by atoms with Crippen molar-refractivity contribution in [2.45, 2.75) is 51.4 Å². The molecule has 0 unspecified atom stereocenters. The summed E-state index contributed by atoms with van der Waals surface area (Å²) in [6, 6.07) is 3.27. The molecule has 0 spiro atoms. The average molecular weight is 338 g/mol. The van der Waals surface area contributed by atoms with Crippen LogP contribution in [0.5, 0.6) is 5.75 Å². The van der Waals surface area contributed by atoms with Crippen LogP contribution in [0.15, 0.2) is 24.8 Å². The van der Waals surface area contributed by atoms with Crippen LogP contribution in [0.4, 0.5) is 8.78 Å². The summed E-state index contributed by atoms with van der Waals surface area (Å²) < 4.78 is 39.4. The summed E-state index contributed by atoms with van der Waals surface area (Å²) in [5, 5.41) is 0. The molecule has 1 saturated carbocycles. The fourth-order valence-electron chi connectivity index (χ4n) is 3.26. The van der Waals surface area contributed by atoms with Crippen LogP contribution in [0.25, 0.3) is 0 Å². The van der Waals surface area contributed by atoms with E-state index in [0.29, 0.717) is 24.7 Å². The predicted molar refractivity (Wildman–Crippen MR) is 92.5 cm³/mol. The van der Waals surface area contributed by atoms with Crippen molar-refractivity contribution in [2.24, 2.45) is 5.92 Å². The lowest BCUT2D eigenvalue weighted by Gasteiger charge is -2.29. The van der Waals surface area contributed by atoms with E-state index in [0.717, 1.165) is 45.1 Å². The van der Waals surface area contributed by atoms with Crippen molar-refractivity contribution in [2.75, 3.05) is 19.8 Å². The van der Waals surface area contributed by atoms with E-state index < -0.39 is 11.6 Å². The highest BCUT2D eigenvalue weighted by atomic mass is 19.2. The van der Waals surface area contributed by atoms with Gasteiger partial charge in [-0.15, -0.1) is 6.58 Å². The minimum Gasteiger partial charge on any atom is -0.490 e. The summed E-state index contributed by atoms with van der Waals surface area (Å²) in [7, 11) is 0. The topological polar surface area (TPSA) is 18.5 Å². The van der Waals surface area contributed by atoms with Crippen molar-refractivity contribution < 1.29 is 18.3 Å². The van der Waals surface area contributed by atoms with Crippen LogP contribution in [0.3, 0.4) is 0 Å². The van der Waals surface area contributed by atoms with Gasteiger partial charge < -0.3 is 9.47 Å². The zero-order valence-corrected chi connectivity index (χ0v) is 14.5. The lowest BCUT2D eigenvalue weighted by Crippen LogP contribution is -2.19.